The smallest absolute Gasteiger partial charge is 0.255 e. The molecule has 1 aromatic carbocycles. The number of aromatic hydroxyl groups is 1. The summed E-state index contributed by atoms with van der Waals surface area (Å²) in [6, 6.07) is 0.0521. The van der Waals surface area contributed by atoms with Crippen LogP contribution in [0.15, 0.2) is 23.0 Å². The van der Waals surface area contributed by atoms with Crippen molar-refractivity contribution in [2.24, 2.45) is 17.6 Å². The second-order valence-corrected chi connectivity index (χ2v) is 12.3. The van der Waals surface area contributed by atoms with Crippen molar-refractivity contribution in [2.45, 2.75) is 70.1 Å². The number of hydrogen-bond acceptors (Lipinski definition) is 9. The first kappa shape index (κ1) is 29.7. The summed E-state index contributed by atoms with van der Waals surface area (Å²) in [5.74, 6) is -8.12. The number of halogens is 1. The van der Waals surface area contributed by atoms with Crippen LogP contribution in [0.3, 0.4) is 0 Å². The average Bonchev–Trinajstić information content (AvgIpc) is 2.82. The predicted octanol–water partition coefficient (Wildman–Crippen LogP) is 1.81. The lowest BCUT2D eigenvalue weighted by atomic mass is 9.57. The van der Waals surface area contributed by atoms with Gasteiger partial charge in [0.25, 0.3) is 5.91 Å². The number of ketones is 2. The van der Waals surface area contributed by atoms with E-state index in [0.29, 0.717) is 12.8 Å². The molecule has 10 nitrogen and oxygen atoms in total. The first-order chi connectivity index (χ1) is 18.5. The summed E-state index contributed by atoms with van der Waals surface area (Å²) in [5, 5.41) is 48.3. The number of aliphatic hydroxyl groups excluding tert-OH is 2. The summed E-state index contributed by atoms with van der Waals surface area (Å²) in [7, 11) is 3.04. The van der Waals surface area contributed by atoms with Crippen molar-refractivity contribution in [1.82, 2.24) is 10.2 Å². The molecule has 1 fully saturated rings. The zero-order valence-electron chi connectivity index (χ0n) is 23.5. The Morgan fingerprint density at radius 2 is 1.85 bits per heavy atom. The molecule has 0 aromatic heterocycles. The summed E-state index contributed by atoms with van der Waals surface area (Å²) in [4.78, 5) is 40.5. The molecule has 7 N–H and O–H groups in total. The highest BCUT2D eigenvalue weighted by atomic mass is 19.1. The zero-order chi connectivity index (χ0) is 29.9. The van der Waals surface area contributed by atoms with Gasteiger partial charge in [0.05, 0.1) is 11.6 Å². The number of primary amides is 1. The molecule has 0 heterocycles. The Morgan fingerprint density at radius 3 is 2.42 bits per heavy atom. The van der Waals surface area contributed by atoms with Crippen LogP contribution in [-0.2, 0) is 27.2 Å². The van der Waals surface area contributed by atoms with Crippen LogP contribution in [0, 0.1) is 17.7 Å². The van der Waals surface area contributed by atoms with Gasteiger partial charge < -0.3 is 31.5 Å². The molecule has 3 aliphatic carbocycles. The monoisotopic (exact) mass is 559 g/mol. The summed E-state index contributed by atoms with van der Waals surface area (Å²) < 4.78 is 15.4. The highest BCUT2D eigenvalue weighted by Crippen LogP contribution is 2.53. The van der Waals surface area contributed by atoms with Crippen LogP contribution in [0.4, 0.5) is 4.39 Å². The minimum atomic E-state index is -2.73. The summed E-state index contributed by atoms with van der Waals surface area (Å²) in [6.45, 7) is 6.86. The zero-order valence-corrected chi connectivity index (χ0v) is 23.5. The first-order valence-corrected chi connectivity index (χ1v) is 13.4. The summed E-state index contributed by atoms with van der Waals surface area (Å²) in [6.07, 6.45) is 1.55. The van der Waals surface area contributed by atoms with Crippen LogP contribution in [-0.4, -0.2) is 80.6 Å². The number of likely N-dealkylation sites (N-methyl/N-ethyl adjacent to an activating group) is 1. The first-order valence-electron chi connectivity index (χ1n) is 13.4. The number of fused-ring (bicyclic) bond motifs is 3. The number of hydrogen-bond donors (Lipinski definition) is 6. The van der Waals surface area contributed by atoms with Crippen LogP contribution in [0.25, 0.3) is 5.76 Å². The molecule has 3 aliphatic rings. The minimum Gasteiger partial charge on any atom is -0.508 e. The Kier molecular flexibility index (Phi) is 7.63. The van der Waals surface area contributed by atoms with Gasteiger partial charge in [-0.05, 0) is 91.1 Å². The molecule has 0 bridgehead atoms. The lowest BCUT2D eigenvalue weighted by Gasteiger charge is -2.50. The van der Waals surface area contributed by atoms with E-state index in [0.717, 1.165) is 13.0 Å². The van der Waals surface area contributed by atoms with Crippen molar-refractivity contribution in [2.75, 3.05) is 20.6 Å². The molecule has 1 saturated carbocycles. The second-order valence-electron chi connectivity index (χ2n) is 12.3. The topological polar surface area (TPSA) is 173 Å². The normalized spacial score (nSPS) is 26.6. The molecule has 0 aliphatic heterocycles. The van der Waals surface area contributed by atoms with E-state index in [4.69, 9.17) is 5.73 Å². The number of carbonyl (C=O) groups excluding carboxylic acids is 3. The Hall–Kier alpha value is -3.28. The third kappa shape index (κ3) is 4.69. The van der Waals surface area contributed by atoms with E-state index < -0.39 is 63.9 Å². The number of rotatable bonds is 7. The van der Waals surface area contributed by atoms with E-state index in [1.165, 1.54) is 25.1 Å². The fourth-order valence-electron chi connectivity index (χ4n) is 6.41. The van der Waals surface area contributed by atoms with Crippen LogP contribution >= 0.6 is 0 Å². The van der Waals surface area contributed by atoms with Crippen molar-refractivity contribution < 1.29 is 39.2 Å². The molecule has 0 spiro atoms. The van der Waals surface area contributed by atoms with Crippen LogP contribution in [0.1, 0.15) is 56.7 Å². The van der Waals surface area contributed by atoms with E-state index >= 15 is 4.39 Å². The SMILES string of the molecule is CN(C)[C@@H]1C(=O)C(C(N)=O)=C(O)[C@@]2(O)C(=O)C3=C(O)c4c(O)c(CCCCNC(C)(C)C)cc(F)c4C[C@H]3C[C@@H]12. The lowest BCUT2D eigenvalue weighted by Crippen LogP contribution is -2.65. The van der Waals surface area contributed by atoms with Gasteiger partial charge in [-0.25, -0.2) is 4.39 Å². The van der Waals surface area contributed by atoms with Crippen molar-refractivity contribution in [1.29, 1.82) is 0 Å². The van der Waals surface area contributed by atoms with E-state index in [1.54, 1.807) is 0 Å². The Bertz CT molecular complexity index is 1340. The molecule has 4 rings (SSSR count). The molecule has 0 radical (unpaired) electrons. The molecule has 1 aromatic rings. The van der Waals surface area contributed by atoms with Crippen LogP contribution in [0.5, 0.6) is 5.75 Å². The molecule has 0 saturated heterocycles. The number of phenols is 1. The number of carbonyl (C=O) groups is 3. The third-order valence-corrected chi connectivity index (χ3v) is 8.27. The summed E-state index contributed by atoms with van der Waals surface area (Å²) >= 11 is 0. The van der Waals surface area contributed by atoms with E-state index in [9.17, 15) is 34.8 Å². The number of amides is 1. The third-order valence-electron chi connectivity index (χ3n) is 8.27. The number of nitrogens with two attached hydrogens (primary N) is 1. The van der Waals surface area contributed by atoms with Crippen molar-refractivity contribution >= 4 is 23.2 Å². The number of benzene rings is 1. The number of aryl methyl sites for hydroxylation is 1. The number of nitrogens with one attached hydrogen (secondary N) is 1. The average molecular weight is 560 g/mol. The Morgan fingerprint density at radius 1 is 1.20 bits per heavy atom. The van der Waals surface area contributed by atoms with Crippen LogP contribution < -0.4 is 11.1 Å². The Balaban J connectivity index is 1.76. The fraction of sp³-hybridized carbons (Fsp3) is 0.552. The highest BCUT2D eigenvalue weighted by Gasteiger charge is 2.64. The second kappa shape index (κ2) is 10.3. The van der Waals surface area contributed by atoms with Gasteiger partial charge in [-0.1, -0.05) is 0 Å². The number of unbranched alkanes of at least 4 members (excludes halogenated alkanes) is 1. The molecule has 11 heteroatoms. The van der Waals surface area contributed by atoms with Gasteiger partial charge in [-0.3, -0.25) is 19.3 Å². The van der Waals surface area contributed by atoms with Crippen molar-refractivity contribution in [3.8, 4) is 5.75 Å². The maximum Gasteiger partial charge on any atom is 0.255 e. The quantitative estimate of drug-likeness (QED) is 0.215. The predicted molar refractivity (Wildman–Crippen MR) is 145 cm³/mol. The fourth-order valence-corrected chi connectivity index (χ4v) is 6.41. The lowest BCUT2D eigenvalue weighted by molar-refractivity contribution is -0.153. The largest absolute Gasteiger partial charge is 0.508 e. The Labute approximate surface area is 232 Å². The molecule has 40 heavy (non-hydrogen) atoms. The van der Waals surface area contributed by atoms with Gasteiger partial charge in [0.15, 0.2) is 11.4 Å². The molecule has 1 amide bonds. The summed E-state index contributed by atoms with van der Waals surface area (Å²) in [5.41, 5.74) is 1.46. The number of nitrogens with zero attached hydrogens (tertiary/aromatic N) is 1. The van der Waals surface area contributed by atoms with Gasteiger partial charge >= 0.3 is 0 Å². The highest BCUT2D eigenvalue weighted by molar-refractivity contribution is 6.24. The number of Topliss-reactive ketones (excluding diaryl/α,β-unsaturated/α-hetero) is 2. The van der Waals surface area contributed by atoms with Gasteiger partial charge in [-0.2, -0.15) is 0 Å². The van der Waals surface area contributed by atoms with Crippen LogP contribution in [0.2, 0.25) is 0 Å². The van der Waals surface area contributed by atoms with Gasteiger partial charge in [0.1, 0.15) is 28.7 Å². The van der Waals surface area contributed by atoms with Gasteiger partial charge in [0.2, 0.25) is 5.78 Å². The molecule has 218 valence electrons. The van der Waals surface area contributed by atoms with E-state index in [2.05, 4.69) is 5.32 Å². The van der Waals surface area contributed by atoms with Gasteiger partial charge in [0, 0.05) is 22.6 Å². The minimum absolute atomic E-state index is 0.0290. The van der Waals surface area contributed by atoms with Crippen molar-refractivity contribution in [3.63, 3.8) is 0 Å². The number of phenolic OH excluding ortho intramolecular Hbond substituents is 1. The molecular weight excluding hydrogens is 521 g/mol. The molecular formula is C29H38FN3O7. The molecule has 4 atom stereocenters. The maximum absolute atomic E-state index is 15.4. The standard InChI is InChI=1S/C29H38FN3O7/c1-28(2,3)32-9-7-6-8-13-12-17(30)15-10-14-11-16-21(33(4)5)24(36)20(27(31)39)26(38)29(16,40)25(37)18(14)23(35)19(15)22(13)34/h12,14,16,21,32,34-35,38,40H,6-11H2,1-5H3,(H2,31,39)/t14-,16-,21-,29-/m0/s1. The van der Waals surface area contributed by atoms with Gasteiger partial charge in [-0.15, -0.1) is 0 Å². The maximum atomic E-state index is 15.4. The van der Waals surface area contributed by atoms with E-state index in [-0.39, 0.29) is 46.4 Å². The molecule has 0 unspecified atom stereocenters. The van der Waals surface area contributed by atoms with E-state index in [1.807, 2.05) is 20.8 Å². The van der Waals surface area contributed by atoms with Crippen molar-refractivity contribution in [3.05, 3.63) is 45.5 Å². The number of aliphatic hydroxyl groups is 3.